The summed E-state index contributed by atoms with van der Waals surface area (Å²) >= 11 is 7.50. The van der Waals surface area contributed by atoms with E-state index in [4.69, 9.17) is 17.3 Å². The number of aryl methyl sites for hydroxylation is 1. The summed E-state index contributed by atoms with van der Waals surface area (Å²) in [5, 5.41) is 1.38. The molecule has 0 atom stereocenters. The minimum atomic E-state index is -0.147. The number of rotatable bonds is 3. The third kappa shape index (κ3) is 3.05. The molecule has 2 rings (SSSR count). The molecule has 0 unspecified atom stereocenters. The highest BCUT2D eigenvalue weighted by Crippen LogP contribution is 2.24. The van der Waals surface area contributed by atoms with E-state index in [1.165, 1.54) is 0 Å². The smallest absolute Gasteiger partial charge is 0.256 e. The number of halogens is 1. The molecule has 2 aromatic rings. The largest absolute Gasteiger partial charge is 0.397 e. The molecule has 0 aliphatic rings. The van der Waals surface area contributed by atoms with Gasteiger partial charge in [0, 0.05) is 18.1 Å². The van der Waals surface area contributed by atoms with Crippen LogP contribution in [0.25, 0.3) is 0 Å². The van der Waals surface area contributed by atoms with Gasteiger partial charge in [-0.05, 0) is 19.1 Å². The summed E-state index contributed by atoms with van der Waals surface area (Å²) in [5.74, 6) is -0.147. The molecule has 1 amide bonds. The number of aromatic nitrogens is 1. The Hall–Kier alpha value is -1.59. The van der Waals surface area contributed by atoms with Crippen molar-refractivity contribution >= 4 is 34.5 Å². The predicted molar refractivity (Wildman–Crippen MR) is 78.5 cm³/mol. The van der Waals surface area contributed by atoms with Gasteiger partial charge in [0.25, 0.3) is 5.91 Å². The monoisotopic (exact) mass is 295 g/mol. The van der Waals surface area contributed by atoms with Gasteiger partial charge in [-0.15, -0.1) is 11.3 Å². The zero-order valence-electron chi connectivity index (χ0n) is 10.7. The van der Waals surface area contributed by atoms with Crippen LogP contribution in [0.5, 0.6) is 0 Å². The fourth-order valence-corrected chi connectivity index (χ4v) is 2.74. The molecule has 0 spiro atoms. The number of para-hydroxylation sites is 1. The molecule has 0 saturated heterocycles. The van der Waals surface area contributed by atoms with Crippen molar-refractivity contribution in [2.75, 3.05) is 12.8 Å². The average Bonchev–Trinajstić information content (AvgIpc) is 2.77. The van der Waals surface area contributed by atoms with Crippen molar-refractivity contribution in [1.29, 1.82) is 0 Å². The van der Waals surface area contributed by atoms with E-state index in [1.54, 1.807) is 47.7 Å². The van der Waals surface area contributed by atoms with Gasteiger partial charge in [-0.1, -0.05) is 17.7 Å². The SMILES string of the molecule is Cc1ncc(CN(C)C(=O)c2cccc(Cl)c2N)s1. The van der Waals surface area contributed by atoms with Gasteiger partial charge in [0.15, 0.2) is 0 Å². The van der Waals surface area contributed by atoms with Crippen molar-refractivity contribution in [3.63, 3.8) is 0 Å². The summed E-state index contributed by atoms with van der Waals surface area (Å²) in [6.45, 7) is 2.45. The maximum Gasteiger partial charge on any atom is 0.256 e. The Morgan fingerprint density at radius 2 is 2.26 bits per heavy atom. The molecule has 0 radical (unpaired) electrons. The standard InChI is InChI=1S/C13H14ClN3OS/c1-8-16-6-9(19-8)7-17(2)13(18)10-4-3-5-11(14)12(10)15/h3-6H,7,15H2,1-2H3. The minimum absolute atomic E-state index is 0.147. The van der Waals surface area contributed by atoms with Crippen LogP contribution in [-0.2, 0) is 6.54 Å². The fourth-order valence-electron chi connectivity index (χ4n) is 1.71. The first-order chi connectivity index (χ1) is 8.99. The molecule has 0 saturated carbocycles. The van der Waals surface area contributed by atoms with E-state index in [0.717, 1.165) is 9.88 Å². The van der Waals surface area contributed by atoms with Gasteiger partial charge in [0.05, 0.1) is 27.8 Å². The topological polar surface area (TPSA) is 59.2 Å². The van der Waals surface area contributed by atoms with Crippen molar-refractivity contribution in [2.24, 2.45) is 0 Å². The van der Waals surface area contributed by atoms with Gasteiger partial charge in [0.2, 0.25) is 0 Å². The number of benzene rings is 1. The number of thiazole rings is 1. The van der Waals surface area contributed by atoms with Crippen LogP contribution in [0.3, 0.4) is 0 Å². The van der Waals surface area contributed by atoms with Crippen LogP contribution in [0.1, 0.15) is 20.2 Å². The first-order valence-corrected chi connectivity index (χ1v) is 6.89. The quantitative estimate of drug-likeness (QED) is 0.886. The second kappa shape index (κ2) is 5.59. The fraction of sp³-hybridized carbons (Fsp3) is 0.231. The highest BCUT2D eigenvalue weighted by atomic mass is 35.5. The molecule has 19 heavy (non-hydrogen) atoms. The van der Waals surface area contributed by atoms with Crippen LogP contribution in [0.2, 0.25) is 5.02 Å². The van der Waals surface area contributed by atoms with Crippen molar-refractivity contribution in [2.45, 2.75) is 13.5 Å². The highest BCUT2D eigenvalue weighted by Gasteiger charge is 2.16. The summed E-state index contributed by atoms with van der Waals surface area (Å²) in [6.07, 6.45) is 1.78. The Balaban J connectivity index is 2.17. The molecule has 1 heterocycles. The molecule has 0 fully saturated rings. The first kappa shape index (κ1) is 13.8. The van der Waals surface area contributed by atoms with E-state index in [1.807, 2.05) is 6.92 Å². The van der Waals surface area contributed by atoms with Gasteiger partial charge in [-0.2, -0.15) is 0 Å². The number of nitrogens with two attached hydrogens (primary N) is 1. The summed E-state index contributed by atoms with van der Waals surface area (Å²) in [5.41, 5.74) is 6.58. The van der Waals surface area contributed by atoms with E-state index in [0.29, 0.717) is 22.8 Å². The molecule has 2 N–H and O–H groups in total. The maximum absolute atomic E-state index is 12.3. The lowest BCUT2D eigenvalue weighted by Gasteiger charge is -2.17. The third-order valence-electron chi connectivity index (χ3n) is 2.69. The summed E-state index contributed by atoms with van der Waals surface area (Å²) in [6, 6.07) is 5.06. The molecule has 0 aliphatic heterocycles. The number of nitrogen functional groups attached to an aromatic ring is 1. The number of nitrogens with zero attached hydrogens (tertiary/aromatic N) is 2. The van der Waals surface area contributed by atoms with Crippen LogP contribution in [0, 0.1) is 6.92 Å². The van der Waals surface area contributed by atoms with Gasteiger partial charge >= 0.3 is 0 Å². The molecule has 1 aromatic carbocycles. The number of hydrogen-bond donors (Lipinski definition) is 1. The molecule has 6 heteroatoms. The lowest BCUT2D eigenvalue weighted by molar-refractivity contribution is 0.0787. The third-order valence-corrected chi connectivity index (χ3v) is 3.92. The van der Waals surface area contributed by atoms with Crippen LogP contribution >= 0.6 is 22.9 Å². The highest BCUT2D eigenvalue weighted by molar-refractivity contribution is 7.11. The van der Waals surface area contributed by atoms with E-state index in [-0.39, 0.29) is 5.91 Å². The normalized spacial score (nSPS) is 10.5. The van der Waals surface area contributed by atoms with Crippen molar-refractivity contribution in [3.05, 3.63) is 44.9 Å². The van der Waals surface area contributed by atoms with Crippen LogP contribution < -0.4 is 5.73 Å². The van der Waals surface area contributed by atoms with Gasteiger partial charge in [-0.3, -0.25) is 4.79 Å². The first-order valence-electron chi connectivity index (χ1n) is 5.70. The lowest BCUT2D eigenvalue weighted by atomic mass is 10.1. The molecule has 0 aliphatic carbocycles. The van der Waals surface area contributed by atoms with Crippen LogP contribution in [0.15, 0.2) is 24.4 Å². The predicted octanol–water partition coefficient (Wildman–Crippen LogP) is 2.96. The van der Waals surface area contributed by atoms with Crippen molar-refractivity contribution in [3.8, 4) is 0 Å². The summed E-state index contributed by atoms with van der Waals surface area (Å²) < 4.78 is 0. The number of hydrogen-bond acceptors (Lipinski definition) is 4. The second-order valence-electron chi connectivity index (χ2n) is 4.21. The maximum atomic E-state index is 12.3. The molecular formula is C13H14ClN3OS. The lowest BCUT2D eigenvalue weighted by Crippen LogP contribution is -2.26. The van der Waals surface area contributed by atoms with Gasteiger partial charge < -0.3 is 10.6 Å². The average molecular weight is 296 g/mol. The Morgan fingerprint density at radius 1 is 1.53 bits per heavy atom. The van der Waals surface area contributed by atoms with E-state index in [2.05, 4.69) is 4.98 Å². The summed E-state index contributed by atoms with van der Waals surface area (Å²) in [4.78, 5) is 19.1. The van der Waals surface area contributed by atoms with Crippen LogP contribution in [-0.4, -0.2) is 22.8 Å². The zero-order valence-corrected chi connectivity index (χ0v) is 12.3. The second-order valence-corrected chi connectivity index (χ2v) is 5.93. The number of carbonyl (C=O) groups is 1. The number of anilines is 1. The van der Waals surface area contributed by atoms with E-state index >= 15 is 0 Å². The molecule has 1 aromatic heterocycles. The zero-order chi connectivity index (χ0) is 14.0. The Morgan fingerprint density at radius 3 is 2.89 bits per heavy atom. The Kier molecular flexibility index (Phi) is 4.07. The van der Waals surface area contributed by atoms with Crippen molar-refractivity contribution < 1.29 is 4.79 Å². The molecular weight excluding hydrogens is 282 g/mol. The minimum Gasteiger partial charge on any atom is -0.397 e. The molecule has 4 nitrogen and oxygen atoms in total. The van der Waals surface area contributed by atoms with Crippen LogP contribution in [0.4, 0.5) is 5.69 Å². The number of amides is 1. The molecule has 100 valence electrons. The molecule has 0 bridgehead atoms. The van der Waals surface area contributed by atoms with Crippen molar-refractivity contribution in [1.82, 2.24) is 9.88 Å². The van der Waals surface area contributed by atoms with E-state index < -0.39 is 0 Å². The Bertz CT molecular complexity index is 612. The van der Waals surface area contributed by atoms with Gasteiger partial charge in [-0.25, -0.2) is 4.98 Å². The Labute approximate surface area is 120 Å². The van der Waals surface area contributed by atoms with E-state index in [9.17, 15) is 4.79 Å². The summed E-state index contributed by atoms with van der Waals surface area (Å²) in [7, 11) is 1.73. The number of carbonyl (C=O) groups excluding carboxylic acids is 1. The van der Waals surface area contributed by atoms with Gasteiger partial charge in [0.1, 0.15) is 0 Å².